The summed E-state index contributed by atoms with van der Waals surface area (Å²) in [6, 6.07) is 4.91. The monoisotopic (exact) mass is 272 g/mol. The fourth-order valence-electron chi connectivity index (χ4n) is 2.03. The molecule has 0 spiro atoms. The smallest absolute Gasteiger partial charge is 0.224 e. The minimum Gasteiger partial charge on any atom is -0.352 e. The first-order chi connectivity index (χ1) is 8.16. The maximum Gasteiger partial charge on any atom is 0.224 e. The summed E-state index contributed by atoms with van der Waals surface area (Å²) >= 11 is 0. The van der Waals surface area contributed by atoms with Gasteiger partial charge < -0.3 is 10.6 Å². The Balaban J connectivity index is 0.00000162. The predicted octanol–water partition coefficient (Wildman–Crippen LogP) is 1.78. The van der Waals surface area contributed by atoms with E-state index in [9.17, 15) is 9.18 Å². The molecule has 1 saturated heterocycles. The molecule has 2 rings (SSSR count). The number of benzene rings is 1. The van der Waals surface area contributed by atoms with Gasteiger partial charge in [-0.15, -0.1) is 12.4 Å². The lowest BCUT2D eigenvalue weighted by Crippen LogP contribution is -2.31. The number of hydrogen-bond acceptors (Lipinski definition) is 2. The molecule has 0 bridgehead atoms. The highest BCUT2D eigenvalue weighted by Crippen LogP contribution is 2.10. The van der Waals surface area contributed by atoms with Crippen LogP contribution in [0, 0.1) is 18.7 Å². The van der Waals surface area contributed by atoms with E-state index in [1.807, 2.05) is 0 Å². The molecule has 0 aliphatic carbocycles. The predicted molar refractivity (Wildman–Crippen MR) is 71.2 cm³/mol. The lowest BCUT2D eigenvalue weighted by Gasteiger charge is -2.10. The van der Waals surface area contributed by atoms with Crippen molar-refractivity contribution in [1.29, 1.82) is 0 Å². The van der Waals surface area contributed by atoms with Crippen LogP contribution in [-0.2, 0) is 11.3 Å². The zero-order valence-corrected chi connectivity index (χ0v) is 11.1. The summed E-state index contributed by atoms with van der Waals surface area (Å²) in [5.74, 6) is -0.0476. The summed E-state index contributed by atoms with van der Waals surface area (Å²) in [6.45, 7) is 3.86. The summed E-state index contributed by atoms with van der Waals surface area (Å²) in [5, 5.41) is 6.04. The van der Waals surface area contributed by atoms with Gasteiger partial charge in [-0.1, -0.05) is 12.1 Å². The lowest BCUT2D eigenvalue weighted by molar-refractivity contribution is -0.124. The van der Waals surface area contributed by atoms with E-state index in [-0.39, 0.29) is 30.0 Å². The third-order valence-electron chi connectivity index (χ3n) is 3.12. The Kier molecular flexibility index (Phi) is 5.56. The van der Waals surface area contributed by atoms with E-state index in [0.29, 0.717) is 12.1 Å². The zero-order chi connectivity index (χ0) is 12.3. The first-order valence-corrected chi connectivity index (χ1v) is 5.90. The summed E-state index contributed by atoms with van der Waals surface area (Å²) in [7, 11) is 0. The maximum absolute atomic E-state index is 13.0. The molecule has 18 heavy (non-hydrogen) atoms. The molecule has 0 saturated carbocycles. The highest BCUT2D eigenvalue weighted by atomic mass is 35.5. The molecule has 1 aromatic carbocycles. The van der Waals surface area contributed by atoms with Gasteiger partial charge in [0.2, 0.25) is 5.91 Å². The van der Waals surface area contributed by atoms with E-state index in [1.54, 1.807) is 19.1 Å². The van der Waals surface area contributed by atoms with Crippen molar-refractivity contribution in [3.63, 3.8) is 0 Å². The molecule has 1 fully saturated rings. The molecule has 3 nitrogen and oxygen atoms in total. The van der Waals surface area contributed by atoms with Crippen LogP contribution in [0.2, 0.25) is 0 Å². The number of rotatable bonds is 3. The van der Waals surface area contributed by atoms with Gasteiger partial charge in [-0.25, -0.2) is 4.39 Å². The van der Waals surface area contributed by atoms with Gasteiger partial charge in [0.05, 0.1) is 5.92 Å². The molecule has 2 N–H and O–H groups in total. The molecule has 5 heteroatoms. The van der Waals surface area contributed by atoms with Crippen LogP contribution in [0.3, 0.4) is 0 Å². The number of hydrogen-bond donors (Lipinski definition) is 2. The number of carbonyl (C=O) groups excluding carboxylic acids is 1. The van der Waals surface area contributed by atoms with Crippen molar-refractivity contribution in [1.82, 2.24) is 10.6 Å². The zero-order valence-electron chi connectivity index (χ0n) is 10.3. The first kappa shape index (κ1) is 14.9. The third-order valence-corrected chi connectivity index (χ3v) is 3.12. The van der Waals surface area contributed by atoms with Crippen LogP contribution in [0.4, 0.5) is 4.39 Å². The average Bonchev–Trinajstić information content (AvgIpc) is 2.84. The minimum absolute atomic E-state index is 0. The van der Waals surface area contributed by atoms with Gasteiger partial charge in [-0.3, -0.25) is 4.79 Å². The van der Waals surface area contributed by atoms with Crippen molar-refractivity contribution in [2.24, 2.45) is 5.92 Å². The second kappa shape index (κ2) is 6.71. The van der Waals surface area contributed by atoms with Gasteiger partial charge in [-0.2, -0.15) is 0 Å². The molecule has 1 amide bonds. The molecular formula is C13H18ClFN2O. The van der Waals surface area contributed by atoms with E-state index in [4.69, 9.17) is 0 Å². The van der Waals surface area contributed by atoms with Gasteiger partial charge in [0.1, 0.15) is 5.82 Å². The van der Waals surface area contributed by atoms with Crippen molar-refractivity contribution in [2.45, 2.75) is 19.9 Å². The summed E-state index contributed by atoms with van der Waals surface area (Å²) in [6.07, 6.45) is 0.897. The van der Waals surface area contributed by atoms with Crippen LogP contribution < -0.4 is 10.6 Å². The molecule has 0 radical (unpaired) electrons. The van der Waals surface area contributed by atoms with Crippen molar-refractivity contribution in [3.8, 4) is 0 Å². The van der Waals surface area contributed by atoms with Crippen molar-refractivity contribution < 1.29 is 9.18 Å². The van der Waals surface area contributed by atoms with Crippen molar-refractivity contribution in [2.75, 3.05) is 13.1 Å². The van der Waals surface area contributed by atoms with E-state index in [1.165, 1.54) is 6.07 Å². The molecule has 0 aromatic heterocycles. The van der Waals surface area contributed by atoms with Gasteiger partial charge in [0, 0.05) is 13.1 Å². The van der Waals surface area contributed by atoms with Crippen molar-refractivity contribution >= 4 is 18.3 Å². The van der Waals surface area contributed by atoms with E-state index in [2.05, 4.69) is 10.6 Å². The third kappa shape index (κ3) is 3.68. The number of carbonyl (C=O) groups is 1. The Morgan fingerprint density at radius 3 is 2.94 bits per heavy atom. The Bertz CT molecular complexity index is 419. The largest absolute Gasteiger partial charge is 0.352 e. The highest BCUT2D eigenvalue weighted by Gasteiger charge is 2.21. The van der Waals surface area contributed by atoms with Crippen LogP contribution in [-0.4, -0.2) is 19.0 Å². The molecule has 1 aromatic rings. The van der Waals surface area contributed by atoms with Crippen LogP contribution in [0.5, 0.6) is 0 Å². The minimum atomic E-state index is -0.208. The highest BCUT2D eigenvalue weighted by molar-refractivity contribution is 5.85. The van der Waals surface area contributed by atoms with E-state index in [0.717, 1.165) is 25.1 Å². The second-order valence-corrected chi connectivity index (χ2v) is 4.49. The van der Waals surface area contributed by atoms with Crippen LogP contribution in [0.15, 0.2) is 18.2 Å². The van der Waals surface area contributed by atoms with Gasteiger partial charge >= 0.3 is 0 Å². The molecule has 100 valence electrons. The normalized spacial score (nSPS) is 18.2. The number of nitrogens with one attached hydrogen (secondary N) is 2. The molecule has 1 heterocycles. The fourth-order valence-corrected chi connectivity index (χ4v) is 2.03. The second-order valence-electron chi connectivity index (χ2n) is 4.49. The Morgan fingerprint density at radius 1 is 1.56 bits per heavy atom. The van der Waals surface area contributed by atoms with Crippen LogP contribution >= 0.6 is 12.4 Å². The van der Waals surface area contributed by atoms with Crippen LogP contribution in [0.25, 0.3) is 0 Å². The van der Waals surface area contributed by atoms with Crippen molar-refractivity contribution in [3.05, 3.63) is 35.1 Å². The maximum atomic E-state index is 13.0. The SMILES string of the molecule is Cc1cc(CNC(=O)C2CCNC2)ccc1F.Cl. The molecular weight excluding hydrogens is 255 g/mol. The summed E-state index contributed by atoms with van der Waals surface area (Å²) < 4.78 is 13.0. The number of aryl methyl sites for hydroxylation is 1. The molecule has 1 aliphatic heterocycles. The van der Waals surface area contributed by atoms with E-state index < -0.39 is 0 Å². The van der Waals surface area contributed by atoms with Gasteiger partial charge in [0.15, 0.2) is 0 Å². The van der Waals surface area contributed by atoms with Gasteiger partial charge in [-0.05, 0) is 37.1 Å². The Hall–Kier alpha value is -1.13. The molecule has 1 unspecified atom stereocenters. The summed E-state index contributed by atoms with van der Waals surface area (Å²) in [5.41, 5.74) is 1.54. The van der Waals surface area contributed by atoms with E-state index >= 15 is 0 Å². The Morgan fingerprint density at radius 2 is 2.33 bits per heavy atom. The lowest BCUT2D eigenvalue weighted by atomic mass is 10.1. The molecule has 1 aliphatic rings. The first-order valence-electron chi connectivity index (χ1n) is 5.90. The fraction of sp³-hybridized carbons (Fsp3) is 0.462. The number of amides is 1. The standard InChI is InChI=1S/C13H17FN2O.ClH/c1-9-6-10(2-3-12(9)14)7-16-13(17)11-4-5-15-8-11;/h2-3,6,11,15H,4-5,7-8H2,1H3,(H,16,17);1H. The topological polar surface area (TPSA) is 41.1 Å². The summed E-state index contributed by atoms with van der Waals surface area (Å²) in [4.78, 5) is 11.7. The van der Waals surface area contributed by atoms with Crippen LogP contribution in [0.1, 0.15) is 17.5 Å². The molecule has 1 atom stereocenters. The number of halogens is 2. The Labute approximate surface area is 113 Å². The van der Waals surface area contributed by atoms with Gasteiger partial charge in [0.25, 0.3) is 0 Å². The quantitative estimate of drug-likeness (QED) is 0.881. The average molecular weight is 273 g/mol.